The van der Waals surface area contributed by atoms with Crippen molar-refractivity contribution in [2.75, 3.05) is 0 Å². The van der Waals surface area contributed by atoms with Gasteiger partial charge in [-0.25, -0.2) is 0 Å². The molecular weight excluding hydrogens is 516 g/mol. The molecule has 0 heterocycles. The van der Waals surface area contributed by atoms with E-state index in [0.717, 1.165) is 0 Å². The topological polar surface area (TPSA) is 0 Å². The monoisotopic (exact) mass is 589 g/mol. The molecule has 0 amide bonds. The predicted molar refractivity (Wildman–Crippen MR) is 196 cm³/mol. The van der Waals surface area contributed by atoms with Gasteiger partial charge in [0, 0.05) is 5.41 Å². The number of benzene rings is 2. The maximum Gasteiger partial charge on any atom is 0.0155 e. The Labute approximate surface area is 270 Å². The second kappa shape index (κ2) is 10.8. The van der Waals surface area contributed by atoms with E-state index in [1.165, 1.54) is 33.4 Å². The van der Waals surface area contributed by atoms with Crippen LogP contribution in [0, 0.1) is 0 Å². The zero-order valence-corrected chi connectivity index (χ0v) is 33.2. The van der Waals surface area contributed by atoms with Gasteiger partial charge in [0.1, 0.15) is 0 Å². The Morgan fingerprint density at radius 3 is 0.674 bits per heavy atom. The molecule has 0 saturated heterocycles. The summed E-state index contributed by atoms with van der Waals surface area (Å²) in [7, 11) is 0. The fraction of sp³-hybridized carbons (Fsp3) is 0.721. The minimum atomic E-state index is -0.231. The first-order valence-electron chi connectivity index (χ1n) is 17.0. The van der Waals surface area contributed by atoms with E-state index in [4.69, 9.17) is 0 Å². The van der Waals surface area contributed by atoms with Crippen molar-refractivity contribution in [3.63, 3.8) is 0 Å². The maximum atomic E-state index is 2.64. The van der Waals surface area contributed by atoms with Gasteiger partial charge < -0.3 is 0 Å². The fourth-order valence-electron chi connectivity index (χ4n) is 7.16. The van der Waals surface area contributed by atoms with E-state index >= 15 is 0 Å². The van der Waals surface area contributed by atoms with Crippen molar-refractivity contribution >= 4 is 0 Å². The summed E-state index contributed by atoms with van der Waals surface area (Å²) in [6, 6.07) is 7.85. The van der Waals surface area contributed by atoms with Gasteiger partial charge in [-0.3, -0.25) is 0 Å². The van der Waals surface area contributed by atoms with Crippen LogP contribution in [0.15, 0.2) is 18.2 Å². The van der Waals surface area contributed by atoms with Gasteiger partial charge in [0.15, 0.2) is 0 Å². The van der Waals surface area contributed by atoms with Crippen LogP contribution in [0.1, 0.15) is 209 Å². The highest BCUT2D eigenvalue weighted by atomic mass is 14.5. The Balaban J connectivity index is 3.53. The fourth-order valence-corrected chi connectivity index (χ4v) is 7.16. The first kappa shape index (κ1) is 37.6. The molecule has 0 spiro atoms. The lowest BCUT2D eigenvalue weighted by molar-refractivity contribution is 0.462. The molecule has 2 aromatic rings. The lowest BCUT2D eigenvalue weighted by Crippen LogP contribution is -2.38. The maximum absolute atomic E-state index is 2.64. The predicted octanol–water partition coefficient (Wildman–Crippen LogP) is 13.1. The molecule has 2 rings (SSSR count). The molecule has 0 radical (unpaired) electrons. The van der Waals surface area contributed by atoms with Crippen LogP contribution in [-0.4, -0.2) is 0 Å². The molecule has 0 atom stereocenters. The zero-order chi connectivity index (χ0) is 34.3. The van der Waals surface area contributed by atoms with Crippen molar-refractivity contribution < 1.29 is 0 Å². The van der Waals surface area contributed by atoms with Crippen LogP contribution in [0.3, 0.4) is 0 Å². The minimum Gasteiger partial charge on any atom is -0.0561 e. The largest absolute Gasteiger partial charge is 0.0561 e. The summed E-state index contributed by atoms with van der Waals surface area (Å²) >= 11 is 0. The van der Waals surface area contributed by atoms with Gasteiger partial charge in [-0.2, -0.15) is 0 Å². The van der Waals surface area contributed by atoms with Crippen LogP contribution < -0.4 is 0 Å². The van der Waals surface area contributed by atoms with Crippen molar-refractivity contribution in [3.8, 4) is 0 Å². The van der Waals surface area contributed by atoms with Gasteiger partial charge in [0.25, 0.3) is 0 Å². The molecule has 0 nitrogen and oxygen atoms in total. The number of rotatable bonds is 2. The van der Waals surface area contributed by atoms with E-state index in [1.54, 1.807) is 16.7 Å². The molecule has 0 aliphatic heterocycles. The Kier molecular flexibility index (Phi) is 9.42. The molecule has 0 heteroatoms. The third kappa shape index (κ3) is 7.64. The first-order valence-corrected chi connectivity index (χ1v) is 17.0. The van der Waals surface area contributed by atoms with Gasteiger partial charge in [-0.15, -0.1) is 0 Å². The molecule has 0 fully saturated rings. The molecule has 0 aliphatic rings. The van der Waals surface area contributed by atoms with Gasteiger partial charge in [-0.05, 0) is 88.0 Å². The molecule has 244 valence electrons. The molecule has 0 saturated carbocycles. The lowest BCUT2D eigenvalue weighted by Gasteiger charge is -2.46. The molecule has 0 bridgehead atoms. The van der Waals surface area contributed by atoms with Crippen molar-refractivity contribution in [2.45, 2.75) is 203 Å². The van der Waals surface area contributed by atoms with Crippen LogP contribution in [-0.2, 0) is 43.3 Å². The first-order chi connectivity index (χ1) is 18.5. The average molecular weight is 589 g/mol. The molecule has 43 heavy (non-hydrogen) atoms. The Hall–Kier alpha value is -1.56. The lowest BCUT2D eigenvalue weighted by atomic mass is 9.58. The molecule has 2 aromatic carbocycles. The van der Waals surface area contributed by atoms with Crippen molar-refractivity contribution in [3.05, 3.63) is 68.3 Å². The Morgan fingerprint density at radius 2 is 0.442 bits per heavy atom. The van der Waals surface area contributed by atoms with Crippen molar-refractivity contribution in [1.82, 2.24) is 0 Å². The third-order valence-electron chi connectivity index (χ3n) is 9.32. The van der Waals surface area contributed by atoms with Gasteiger partial charge in [0.2, 0.25) is 0 Å². The normalized spacial score (nSPS) is 14.9. The summed E-state index contributed by atoms with van der Waals surface area (Å²) in [4.78, 5) is 0. The zero-order valence-electron chi connectivity index (χ0n) is 33.2. The summed E-state index contributed by atoms with van der Waals surface area (Å²) in [5.74, 6) is 0. The van der Waals surface area contributed by atoms with E-state index < -0.39 is 0 Å². The second-order valence-electron chi connectivity index (χ2n) is 21.4. The van der Waals surface area contributed by atoms with Gasteiger partial charge in [0.05, 0.1) is 0 Å². The quantitative estimate of drug-likeness (QED) is 0.327. The molecule has 0 aliphatic carbocycles. The van der Waals surface area contributed by atoms with Crippen LogP contribution in [0.5, 0.6) is 0 Å². The third-order valence-corrected chi connectivity index (χ3v) is 9.32. The van der Waals surface area contributed by atoms with Crippen LogP contribution in [0.25, 0.3) is 0 Å². The Morgan fingerprint density at radius 1 is 0.233 bits per heavy atom. The Bertz CT molecular complexity index is 1270. The van der Waals surface area contributed by atoms with Gasteiger partial charge in [-0.1, -0.05) is 177 Å². The average Bonchev–Trinajstić information content (AvgIpc) is 2.72. The minimum absolute atomic E-state index is 0.00129. The SMILES string of the molecule is CC(C)(C)c1cc(C(C)(C)C)c(C(C)(C)c2c(C(C)(C)C)c(C(C)(C)C)cc(C(C)(C)C)c2C(C)(C)C)cc1C(C)(C)C. The molecular formula is C43H72. The van der Waals surface area contributed by atoms with Crippen molar-refractivity contribution in [1.29, 1.82) is 0 Å². The summed E-state index contributed by atoms with van der Waals surface area (Å²) in [5.41, 5.74) is 13.4. The molecule has 0 aromatic heterocycles. The van der Waals surface area contributed by atoms with Crippen LogP contribution in [0.4, 0.5) is 0 Å². The smallest absolute Gasteiger partial charge is 0.0155 e. The van der Waals surface area contributed by atoms with E-state index in [-0.39, 0.29) is 43.3 Å². The van der Waals surface area contributed by atoms with Crippen LogP contribution >= 0.6 is 0 Å². The summed E-state index contributed by atoms with van der Waals surface area (Å²) in [6.07, 6.45) is 0. The highest BCUT2D eigenvalue weighted by Gasteiger charge is 2.44. The standard InChI is InChI=1S/C43H72/c1-36(2,3)27-24-29(38(7,8)9)30(25-28(27)37(4,5)6)43(22,23)35-33(41(16,17)18)31(39(10,11)12)26-32(40(13,14)15)34(35)42(19,20)21/h24-26H,1-23H3. The number of hydrogen-bond donors (Lipinski definition) is 0. The van der Waals surface area contributed by atoms with Crippen LogP contribution in [0.2, 0.25) is 0 Å². The van der Waals surface area contributed by atoms with E-state index in [2.05, 4.69) is 177 Å². The summed E-state index contributed by atoms with van der Waals surface area (Å²) in [5, 5.41) is 0. The highest BCUT2D eigenvalue weighted by Crippen LogP contribution is 2.53. The number of hydrogen-bond acceptors (Lipinski definition) is 0. The second-order valence-corrected chi connectivity index (χ2v) is 21.4. The van der Waals surface area contributed by atoms with E-state index in [0.29, 0.717) is 0 Å². The van der Waals surface area contributed by atoms with E-state index in [1.807, 2.05) is 0 Å². The summed E-state index contributed by atoms with van der Waals surface area (Å²) in [6.45, 7) is 55.7. The van der Waals surface area contributed by atoms with Gasteiger partial charge >= 0.3 is 0 Å². The van der Waals surface area contributed by atoms with E-state index in [9.17, 15) is 0 Å². The summed E-state index contributed by atoms with van der Waals surface area (Å²) < 4.78 is 0. The molecule has 0 N–H and O–H groups in total. The molecule has 0 unspecified atom stereocenters. The highest BCUT2D eigenvalue weighted by molar-refractivity contribution is 5.63. The van der Waals surface area contributed by atoms with Crippen molar-refractivity contribution in [2.24, 2.45) is 0 Å².